The molecule has 0 radical (unpaired) electrons. The molecule has 0 bridgehead atoms. The predicted molar refractivity (Wildman–Crippen MR) is 97.5 cm³/mol. The molecule has 2 fully saturated rings. The normalized spacial score (nSPS) is 22.6. The average molecular weight is 358 g/mol. The number of carboxylic acids is 1. The fraction of sp³-hybridized carbons (Fsp3) is 0.882. The molecule has 1 unspecified atom stereocenters. The maximum atomic E-state index is 12.4. The van der Waals surface area contributed by atoms with Crippen LogP contribution in [0.3, 0.4) is 0 Å². The number of urea groups is 1. The third kappa shape index (κ3) is 5.02. The maximum absolute atomic E-state index is 12.4. The Morgan fingerprint density at radius 3 is 2.46 bits per heavy atom. The number of thioether (sulfide) groups is 1. The van der Waals surface area contributed by atoms with Crippen LogP contribution >= 0.6 is 11.8 Å². The Balaban J connectivity index is 1.92. The first kappa shape index (κ1) is 19.4. The minimum Gasteiger partial charge on any atom is -0.481 e. The van der Waals surface area contributed by atoms with Crippen LogP contribution in [-0.2, 0) is 4.79 Å². The Morgan fingerprint density at radius 2 is 1.88 bits per heavy atom. The van der Waals surface area contributed by atoms with Gasteiger partial charge >= 0.3 is 12.0 Å². The van der Waals surface area contributed by atoms with Gasteiger partial charge in [0.2, 0.25) is 0 Å². The molecule has 1 aliphatic heterocycles. The topological polar surface area (TPSA) is 72.9 Å². The zero-order valence-electron chi connectivity index (χ0n) is 14.9. The van der Waals surface area contributed by atoms with E-state index < -0.39 is 11.9 Å². The number of rotatable bonds is 6. The van der Waals surface area contributed by atoms with Crippen LogP contribution in [0, 0.1) is 5.92 Å². The van der Waals surface area contributed by atoms with Gasteiger partial charge in [-0.15, -0.1) is 0 Å². The molecule has 2 amide bonds. The lowest BCUT2D eigenvalue weighted by Gasteiger charge is -2.48. The summed E-state index contributed by atoms with van der Waals surface area (Å²) in [5.41, 5.74) is 0.0914. The van der Waals surface area contributed by atoms with Crippen molar-refractivity contribution < 1.29 is 14.7 Å². The van der Waals surface area contributed by atoms with Gasteiger partial charge in [-0.05, 0) is 12.8 Å². The van der Waals surface area contributed by atoms with E-state index in [0.29, 0.717) is 6.54 Å². The Kier molecular flexibility index (Phi) is 7.22. The molecule has 1 aliphatic carbocycles. The Morgan fingerprint density at radius 1 is 1.25 bits per heavy atom. The van der Waals surface area contributed by atoms with E-state index in [1.165, 1.54) is 35.7 Å². The van der Waals surface area contributed by atoms with Crippen molar-refractivity contribution in [3.8, 4) is 0 Å². The van der Waals surface area contributed by atoms with Gasteiger partial charge in [0.05, 0.1) is 5.92 Å². The zero-order valence-corrected chi connectivity index (χ0v) is 15.7. The summed E-state index contributed by atoms with van der Waals surface area (Å²) < 4.78 is 0. The Labute approximate surface area is 149 Å². The molecule has 2 N–H and O–H groups in total. The van der Waals surface area contributed by atoms with Gasteiger partial charge in [0.25, 0.3) is 0 Å². The molecule has 0 spiro atoms. The summed E-state index contributed by atoms with van der Waals surface area (Å²) in [6, 6.07) is -0.167. The van der Waals surface area contributed by atoms with E-state index in [4.69, 9.17) is 5.11 Å². The second-order valence-corrected chi connectivity index (χ2v) is 8.39. The van der Waals surface area contributed by atoms with E-state index in [0.717, 1.165) is 25.9 Å². The van der Waals surface area contributed by atoms with Gasteiger partial charge < -0.3 is 15.3 Å². The maximum Gasteiger partial charge on any atom is 0.317 e. The molecule has 24 heavy (non-hydrogen) atoms. The third-order valence-electron chi connectivity index (χ3n) is 5.35. The average Bonchev–Trinajstić information content (AvgIpc) is 2.61. The Bertz CT molecular complexity index is 435. The lowest BCUT2D eigenvalue weighted by molar-refractivity contribution is -0.141. The van der Waals surface area contributed by atoms with Crippen molar-refractivity contribution >= 4 is 23.8 Å². The number of carbonyl (C=O) groups excluding carboxylic acids is 1. The van der Waals surface area contributed by atoms with Crippen LogP contribution < -0.4 is 5.32 Å². The van der Waals surface area contributed by atoms with Crippen LogP contribution in [-0.4, -0.2) is 77.2 Å². The standard InChI is InChI=1S/C17H31N3O3S/c1-14(15(21)22)12-19(2)16(23)18-13-17(6-4-3-5-7-17)20-8-10-24-11-9-20/h14H,3-13H2,1-2H3,(H,18,23)(H,21,22). The summed E-state index contributed by atoms with van der Waals surface area (Å²) in [6.07, 6.45) is 6.03. The quantitative estimate of drug-likeness (QED) is 0.762. The van der Waals surface area contributed by atoms with Gasteiger partial charge in [-0.1, -0.05) is 26.2 Å². The summed E-state index contributed by atoms with van der Waals surface area (Å²) in [4.78, 5) is 27.4. The number of hydrogen-bond donors (Lipinski definition) is 2. The third-order valence-corrected chi connectivity index (χ3v) is 6.29. The molecular formula is C17H31N3O3S. The van der Waals surface area contributed by atoms with E-state index in [9.17, 15) is 9.59 Å². The van der Waals surface area contributed by atoms with Crippen molar-refractivity contribution in [2.45, 2.75) is 44.6 Å². The molecule has 1 saturated carbocycles. The van der Waals surface area contributed by atoms with E-state index in [2.05, 4.69) is 10.2 Å². The molecule has 1 heterocycles. The van der Waals surface area contributed by atoms with Gasteiger partial charge in [0.1, 0.15) is 0 Å². The first-order chi connectivity index (χ1) is 11.4. The van der Waals surface area contributed by atoms with Crippen molar-refractivity contribution in [2.24, 2.45) is 5.92 Å². The second kappa shape index (κ2) is 8.94. The number of carbonyl (C=O) groups is 2. The fourth-order valence-corrected chi connectivity index (χ4v) is 4.70. The summed E-state index contributed by atoms with van der Waals surface area (Å²) in [6.45, 7) is 4.73. The smallest absolute Gasteiger partial charge is 0.317 e. The fourth-order valence-electron chi connectivity index (χ4n) is 3.80. The number of amides is 2. The zero-order chi connectivity index (χ0) is 17.6. The van der Waals surface area contributed by atoms with Crippen molar-refractivity contribution in [3.63, 3.8) is 0 Å². The van der Waals surface area contributed by atoms with Crippen LogP contribution in [0.25, 0.3) is 0 Å². The van der Waals surface area contributed by atoms with Crippen LogP contribution in [0.2, 0.25) is 0 Å². The van der Waals surface area contributed by atoms with Crippen molar-refractivity contribution in [1.29, 1.82) is 0 Å². The van der Waals surface area contributed by atoms with E-state index in [1.54, 1.807) is 14.0 Å². The van der Waals surface area contributed by atoms with Gasteiger partial charge in [-0.3, -0.25) is 9.69 Å². The largest absolute Gasteiger partial charge is 0.481 e. The first-order valence-electron chi connectivity index (χ1n) is 8.99. The van der Waals surface area contributed by atoms with E-state index in [1.807, 2.05) is 11.8 Å². The Hall–Kier alpha value is -0.950. The highest BCUT2D eigenvalue weighted by Gasteiger charge is 2.38. The second-order valence-electron chi connectivity index (χ2n) is 7.16. The van der Waals surface area contributed by atoms with E-state index in [-0.39, 0.29) is 18.1 Å². The minimum atomic E-state index is -0.871. The van der Waals surface area contributed by atoms with Gasteiger partial charge in [-0.25, -0.2) is 4.79 Å². The van der Waals surface area contributed by atoms with E-state index >= 15 is 0 Å². The highest BCUT2D eigenvalue weighted by atomic mass is 32.2. The van der Waals surface area contributed by atoms with Crippen LogP contribution in [0.15, 0.2) is 0 Å². The van der Waals surface area contributed by atoms with Crippen LogP contribution in [0.5, 0.6) is 0 Å². The molecule has 7 heteroatoms. The molecule has 6 nitrogen and oxygen atoms in total. The van der Waals surface area contributed by atoms with Gasteiger partial charge in [0.15, 0.2) is 0 Å². The highest BCUT2D eigenvalue weighted by Crippen LogP contribution is 2.34. The molecule has 0 aromatic rings. The molecule has 2 rings (SSSR count). The summed E-state index contributed by atoms with van der Waals surface area (Å²) >= 11 is 2.01. The predicted octanol–water partition coefficient (Wildman–Crippen LogP) is 2.10. The monoisotopic (exact) mass is 357 g/mol. The van der Waals surface area contributed by atoms with Gasteiger partial charge in [0, 0.05) is 50.3 Å². The van der Waals surface area contributed by atoms with Gasteiger partial charge in [-0.2, -0.15) is 11.8 Å². The molecule has 1 atom stereocenters. The molecule has 0 aromatic carbocycles. The molecule has 2 aliphatic rings. The molecular weight excluding hydrogens is 326 g/mol. The number of nitrogens with zero attached hydrogens (tertiary/aromatic N) is 2. The molecule has 0 aromatic heterocycles. The molecule has 1 saturated heterocycles. The SMILES string of the molecule is CC(CN(C)C(=O)NCC1(N2CCSCC2)CCCCC1)C(=O)O. The number of aliphatic carboxylic acids is 1. The van der Waals surface area contributed by atoms with Crippen molar-refractivity contribution in [3.05, 3.63) is 0 Å². The first-order valence-corrected chi connectivity index (χ1v) is 10.1. The minimum absolute atomic E-state index is 0.0914. The van der Waals surface area contributed by atoms with Crippen molar-refractivity contribution in [2.75, 3.05) is 44.7 Å². The summed E-state index contributed by atoms with van der Waals surface area (Å²) in [7, 11) is 1.67. The lowest BCUT2D eigenvalue weighted by Crippen LogP contribution is -2.59. The number of carboxylic acid groups (broad SMARTS) is 1. The summed E-state index contributed by atoms with van der Waals surface area (Å²) in [5.74, 6) is 0.921. The van der Waals surface area contributed by atoms with Crippen molar-refractivity contribution in [1.82, 2.24) is 15.1 Å². The number of nitrogens with one attached hydrogen (secondary N) is 1. The van der Waals surface area contributed by atoms with Crippen LogP contribution in [0.1, 0.15) is 39.0 Å². The number of hydrogen-bond acceptors (Lipinski definition) is 4. The lowest BCUT2D eigenvalue weighted by atomic mass is 9.80. The summed E-state index contributed by atoms with van der Waals surface area (Å²) in [5, 5.41) is 12.1. The van der Waals surface area contributed by atoms with Crippen LogP contribution in [0.4, 0.5) is 4.79 Å². The highest BCUT2D eigenvalue weighted by molar-refractivity contribution is 7.99. The molecule has 138 valence electrons.